The van der Waals surface area contributed by atoms with Gasteiger partial charge in [0.1, 0.15) is 5.65 Å². The number of fused-ring (bicyclic) bond motifs is 13. The molecule has 0 radical (unpaired) electrons. The second-order valence-corrected chi connectivity index (χ2v) is 13.1. The normalized spacial score (nSPS) is 12.0. The Morgan fingerprint density at radius 2 is 1.08 bits per heavy atom. The third-order valence-corrected chi connectivity index (χ3v) is 10.3. The van der Waals surface area contributed by atoms with Gasteiger partial charge in [-0.25, -0.2) is 4.98 Å². The van der Waals surface area contributed by atoms with E-state index in [2.05, 4.69) is 167 Å². The zero-order chi connectivity index (χ0) is 32.8. The highest BCUT2D eigenvalue weighted by Gasteiger charge is 2.17. The van der Waals surface area contributed by atoms with Crippen molar-refractivity contribution in [3.63, 3.8) is 0 Å². The number of pyridine rings is 2. The van der Waals surface area contributed by atoms with Crippen LogP contribution in [0, 0.1) is 0 Å². The summed E-state index contributed by atoms with van der Waals surface area (Å²) in [5.41, 5.74) is 13.5. The van der Waals surface area contributed by atoms with Gasteiger partial charge in [-0.1, -0.05) is 97.1 Å². The van der Waals surface area contributed by atoms with Crippen molar-refractivity contribution in [2.24, 2.45) is 0 Å². The molecule has 4 aromatic heterocycles. The van der Waals surface area contributed by atoms with Crippen molar-refractivity contribution >= 4 is 71.1 Å². The molecule has 0 saturated heterocycles. The summed E-state index contributed by atoms with van der Waals surface area (Å²) in [6.07, 6.45) is 1.89. The maximum absolute atomic E-state index is 5.11. The van der Waals surface area contributed by atoms with Crippen molar-refractivity contribution in [3.8, 4) is 27.9 Å². The van der Waals surface area contributed by atoms with E-state index in [-0.39, 0.29) is 0 Å². The fourth-order valence-corrected chi connectivity index (χ4v) is 8.03. The Bertz CT molecular complexity index is 3130. The minimum Gasteiger partial charge on any atom is -0.309 e. The monoisotopic (exact) mass is 636 g/mol. The Kier molecular flexibility index (Phi) is 5.63. The Labute approximate surface area is 287 Å². The van der Waals surface area contributed by atoms with Crippen molar-refractivity contribution in [1.82, 2.24) is 18.9 Å². The van der Waals surface area contributed by atoms with Crippen LogP contribution in [0.4, 0.5) is 0 Å². The molecule has 50 heavy (non-hydrogen) atoms. The molecule has 0 unspecified atom stereocenters. The molecule has 11 rings (SSSR count). The molecule has 4 heterocycles. The second-order valence-electron chi connectivity index (χ2n) is 13.1. The maximum Gasteiger partial charge on any atom is 0.146 e. The Hall–Kier alpha value is -6.78. The van der Waals surface area contributed by atoms with E-state index in [1.165, 1.54) is 55.1 Å². The molecule has 0 fully saturated rings. The molecule has 0 bridgehead atoms. The lowest BCUT2D eigenvalue weighted by Crippen LogP contribution is -1.94. The number of aromatic nitrogens is 4. The molecule has 11 aromatic rings. The summed E-state index contributed by atoms with van der Waals surface area (Å²) >= 11 is 0. The van der Waals surface area contributed by atoms with Crippen LogP contribution in [0.2, 0.25) is 0 Å². The standard InChI is InChI=1S/C46H28N4/c1-2-10-34(11-3-1)49-40-14-6-4-12-35(40)37-27-32(21-24-41(37)49)29-16-18-30(19-17-29)33-22-25-42-38(28-33)44-36(23-20-31-9-8-26-47-45(31)44)46-48-39-13-5-7-15-43(39)50(42)46/h1-28H. The summed E-state index contributed by atoms with van der Waals surface area (Å²) in [7, 11) is 0. The number of benzene rings is 7. The Balaban J connectivity index is 1.07. The highest BCUT2D eigenvalue weighted by atomic mass is 15.0. The molecule has 0 aliphatic rings. The van der Waals surface area contributed by atoms with Gasteiger partial charge in [0.25, 0.3) is 0 Å². The highest BCUT2D eigenvalue weighted by molar-refractivity contribution is 6.23. The van der Waals surface area contributed by atoms with Crippen molar-refractivity contribution in [2.45, 2.75) is 0 Å². The van der Waals surface area contributed by atoms with Crippen LogP contribution in [0.5, 0.6) is 0 Å². The van der Waals surface area contributed by atoms with E-state index in [1.54, 1.807) is 0 Å². The number of para-hydroxylation sites is 4. The largest absolute Gasteiger partial charge is 0.309 e. The molecular formula is C46H28N4. The van der Waals surface area contributed by atoms with E-state index >= 15 is 0 Å². The minimum atomic E-state index is 0.960. The van der Waals surface area contributed by atoms with E-state index in [9.17, 15) is 0 Å². The lowest BCUT2D eigenvalue weighted by atomic mass is 9.96. The van der Waals surface area contributed by atoms with E-state index in [1.807, 2.05) is 12.3 Å². The SMILES string of the molecule is c1ccc(-n2c3ccccc3c3cc(-c4ccc(-c5ccc6c(c5)c5c(ccc7cccnc75)c5nc7ccccc7n65)cc4)ccc32)cc1. The fourth-order valence-electron chi connectivity index (χ4n) is 8.03. The molecule has 4 heteroatoms. The quantitative estimate of drug-likeness (QED) is 0.181. The summed E-state index contributed by atoms with van der Waals surface area (Å²) < 4.78 is 4.67. The summed E-state index contributed by atoms with van der Waals surface area (Å²) in [6, 6.07) is 58.9. The van der Waals surface area contributed by atoms with Crippen LogP contribution in [0.25, 0.3) is 99.0 Å². The van der Waals surface area contributed by atoms with Gasteiger partial charge in [0.2, 0.25) is 0 Å². The number of rotatable bonds is 3. The van der Waals surface area contributed by atoms with Crippen LogP contribution in [-0.4, -0.2) is 18.9 Å². The zero-order valence-corrected chi connectivity index (χ0v) is 27.0. The van der Waals surface area contributed by atoms with Crippen LogP contribution in [0.1, 0.15) is 0 Å². The van der Waals surface area contributed by atoms with Crippen LogP contribution in [0.15, 0.2) is 170 Å². The Morgan fingerprint density at radius 3 is 1.90 bits per heavy atom. The summed E-state index contributed by atoms with van der Waals surface area (Å²) in [5, 5.41) is 7.06. The van der Waals surface area contributed by atoms with Gasteiger partial charge in [-0.15, -0.1) is 0 Å². The molecule has 0 aliphatic carbocycles. The van der Waals surface area contributed by atoms with Crippen molar-refractivity contribution < 1.29 is 0 Å². The molecule has 232 valence electrons. The average molecular weight is 637 g/mol. The van der Waals surface area contributed by atoms with E-state index < -0.39 is 0 Å². The first-order valence-electron chi connectivity index (χ1n) is 17.0. The summed E-state index contributed by atoms with van der Waals surface area (Å²) in [5.74, 6) is 0. The maximum atomic E-state index is 5.11. The van der Waals surface area contributed by atoms with Crippen LogP contribution in [0.3, 0.4) is 0 Å². The molecule has 4 nitrogen and oxygen atoms in total. The van der Waals surface area contributed by atoms with Gasteiger partial charge >= 0.3 is 0 Å². The number of imidazole rings is 1. The van der Waals surface area contributed by atoms with Crippen LogP contribution in [-0.2, 0) is 0 Å². The summed E-state index contributed by atoms with van der Waals surface area (Å²) in [6.45, 7) is 0. The van der Waals surface area contributed by atoms with Gasteiger partial charge in [-0.2, -0.15) is 0 Å². The average Bonchev–Trinajstić information content (AvgIpc) is 3.74. The molecule has 0 N–H and O–H groups in total. The van der Waals surface area contributed by atoms with Crippen molar-refractivity contribution in [2.75, 3.05) is 0 Å². The van der Waals surface area contributed by atoms with Gasteiger partial charge in [-0.3, -0.25) is 9.38 Å². The first-order valence-corrected chi connectivity index (χ1v) is 17.0. The zero-order valence-electron chi connectivity index (χ0n) is 27.0. The first-order chi connectivity index (χ1) is 24.8. The predicted molar refractivity (Wildman–Crippen MR) is 208 cm³/mol. The van der Waals surface area contributed by atoms with Crippen LogP contribution >= 0.6 is 0 Å². The minimum absolute atomic E-state index is 0.960. The third-order valence-electron chi connectivity index (χ3n) is 10.3. The molecule has 0 saturated carbocycles. The van der Waals surface area contributed by atoms with Gasteiger partial charge < -0.3 is 4.57 Å². The predicted octanol–water partition coefficient (Wildman–Crippen LogP) is 11.8. The number of hydrogen-bond donors (Lipinski definition) is 0. The molecule has 7 aromatic carbocycles. The van der Waals surface area contributed by atoms with Crippen LogP contribution < -0.4 is 0 Å². The van der Waals surface area contributed by atoms with Gasteiger partial charge in [-0.05, 0) is 89.0 Å². The smallest absolute Gasteiger partial charge is 0.146 e. The Morgan fingerprint density at radius 1 is 0.420 bits per heavy atom. The van der Waals surface area contributed by atoms with Crippen molar-refractivity contribution in [3.05, 3.63) is 170 Å². The van der Waals surface area contributed by atoms with Gasteiger partial charge in [0.15, 0.2) is 0 Å². The first kappa shape index (κ1) is 27.2. The number of hydrogen-bond acceptors (Lipinski definition) is 2. The second kappa shape index (κ2) is 10.4. The number of nitrogens with zero attached hydrogens (tertiary/aromatic N) is 4. The lowest BCUT2D eigenvalue weighted by molar-refractivity contribution is 1.18. The highest BCUT2D eigenvalue weighted by Crippen LogP contribution is 2.39. The van der Waals surface area contributed by atoms with Gasteiger partial charge in [0, 0.05) is 44.2 Å². The van der Waals surface area contributed by atoms with Crippen molar-refractivity contribution in [1.29, 1.82) is 0 Å². The van der Waals surface area contributed by atoms with Gasteiger partial charge in [0.05, 0.1) is 33.1 Å². The molecule has 0 atom stereocenters. The molecular weight excluding hydrogens is 609 g/mol. The van der Waals surface area contributed by atoms with E-state index in [0.717, 1.165) is 43.9 Å². The third kappa shape index (κ3) is 3.87. The topological polar surface area (TPSA) is 35.1 Å². The molecule has 0 aliphatic heterocycles. The van der Waals surface area contributed by atoms with E-state index in [4.69, 9.17) is 9.97 Å². The summed E-state index contributed by atoms with van der Waals surface area (Å²) in [4.78, 5) is 9.99. The molecule has 0 spiro atoms. The van der Waals surface area contributed by atoms with E-state index in [0.29, 0.717) is 0 Å². The lowest BCUT2D eigenvalue weighted by Gasteiger charge is -2.13. The fraction of sp³-hybridized carbons (Fsp3) is 0. The molecule has 0 amide bonds.